The van der Waals surface area contributed by atoms with Crippen LogP contribution in [-0.2, 0) is 17.7 Å². The summed E-state index contributed by atoms with van der Waals surface area (Å²) in [5.74, 6) is 0. The van der Waals surface area contributed by atoms with E-state index in [0.29, 0.717) is 11.1 Å². The fourth-order valence-corrected chi connectivity index (χ4v) is 6.81. The molecule has 0 aliphatic heterocycles. The lowest BCUT2D eigenvalue weighted by molar-refractivity contribution is 0.264. The first-order valence-corrected chi connectivity index (χ1v) is 14.8. The molecule has 0 fully saturated rings. The third-order valence-corrected chi connectivity index (χ3v) is 10.0. The molecule has 0 aromatic carbocycles. The van der Waals surface area contributed by atoms with Gasteiger partial charge in [0.2, 0.25) is 0 Å². The Kier molecular flexibility index (Phi) is 21.6. The largest absolute Gasteiger partial charge is 0.400 e. The maximum absolute atomic E-state index is 5.43. The summed E-state index contributed by atoms with van der Waals surface area (Å²) in [6.07, 6.45) is 11.7. The Morgan fingerprint density at radius 1 is 0.517 bits per heavy atom. The molecule has 0 saturated heterocycles. The predicted molar refractivity (Wildman–Crippen MR) is 128 cm³/mol. The molecule has 0 amide bonds. The highest BCUT2D eigenvalue weighted by Gasteiger charge is 2.19. The summed E-state index contributed by atoms with van der Waals surface area (Å²) in [7, 11) is 4.19. The second kappa shape index (κ2) is 21.4. The number of hydrogen-bond acceptors (Lipinski definition) is 6. The lowest BCUT2D eigenvalue weighted by atomic mass is 10.1. The summed E-state index contributed by atoms with van der Waals surface area (Å²) >= 11 is 0. The van der Waals surface area contributed by atoms with Crippen molar-refractivity contribution in [2.75, 3.05) is 54.6 Å². The average molecular weight is 451 g/mol. The van der Waals surface area contributed by atoms with Gasteiger partial charge in [-0.3, -0.25) is 0 Å². The summed E-state index contributed by atoms with van der Waals surface area (Å²) in [6.45, 7) is 8.89. The van der Waals surface area contributed by atoms with E-state index >= 15 is 0 Å². The van der Waals surface area contributed by atoms with Crippen molar-refractivity contribution < 1.29 is 17.7 Å². The van der Waals surface area contributed by atoms with Crippen LogP contribution >= 0.6 is 0 Å². The summed E-state index contributed by atoms with van der Waals surface area (Å²) in [4.78, 5) is 0. The second-order valence-electron chi connectivity index (χ2n) is 8.19. The molecule has 0 saturated carbocycles. The van der Waals surface area contributed by atoms with Gasteiger partial charge in [-0.2, -0.15) is 0 Å². The standard InChI is InChI=1S/C21H50N2O4Si2/c1-20(28(24-3)25-4)14-18-22-16-12-10-8-7-9-11-13-17-23-19-15-21(2)29(26-5)27-6/h20-23,28-29H,7-19H2,1-6H3. The molecule has 6 nitrogen and oxygen atoms in total. The first-order valence-electron chi connectivity index (χ1n) is 11.6. The molecule has 8 heteroatoms. The first kappa shape index (κ1) is 29.2. The van der Waals surface area contributed by atoms with Crippen molar-refractivity contribution in [3.05, 3.63) is 0 Å². The van der Waals surface area contributed by atoms with Crippen molar-refractivity contribution in [3.8, 4) is 0 Å². The molecule has 0 heterocycles. The molecule has 0 rings (SSSR count). The third-order valence-electron chi connectivity index (χ3n) is 5.62. The van der Waals surface area contributed by atoms with Crippen LogP contribution in [0.15, 0.2) is 0 Å². The summed E-state index contributed by atoms with van der Waals surface area (Å²) in [5.41, 5.74) is 1.12. The molecular weight excluding hydrogens is 400 g/mol. The van der Waals surface area contributed by atoms with Gasteiger partial charge in [0.25, 0.3) is 0 Å². The van der Waals surface area contributed by atoms with Crippen molar-refractivity contribution >= 4 is 18.6 Å². The SMILES string of the molecule is CO[SiH](OC)C(C)CCNCCCCCCCCCNCCC(C)[SiH](OC)OC. The van der Waals surface area contributed by atoms with Gasteiger partial charge < -0.3 is 28.3 Å². The summed E-state index contributed by atoms with van der Waals surface area (Å²) in [5, 5.41) is 7.12. The molecule has 0 aliphatic carbocycles. The van der Waals surface area contributed by atoms with E-state index in [1.54, 1.807) is 28.4 Å². The zero-order valence-electron chi connectivity index (χ0n) is 20.1. The van der Waals surface area contributed by atoms with E-state index in [0.717, 1.165) is 39.0 Å². The van der Waals surface area contributed by atoms with Crippen LogP contribution in [0.4, 0.5) is 0 Å². The molecule has 2 atom stereocenters. The predicted octanol–water partition coefficient (Wildman–Crippen LogP) is 3.48. The van der Waals surface area contributed by atoms with Crippen molar-refractivity contribution in [1.82, 2.24) is 10.6 Å². The fraction of sp³-hybridized carbons (Fsp3) is 1.00. The molecule has 0 bridgehead atoms. The minimum absolute atomic E-state index is 0.560. The van der Waals surface area contributed by atoms with E-state index in [1.165, 1.54) is 44.9 Å². The molecule has 2 unspecified atom stereocenters. The van der Waals surface area contributed by atoms with Gasteiger partial charge in [-0.05, 0) is 62.9 Å². The van der Waals surface area contributed by atoms with E-state index in [4.69, 9.17) is 17.7 Å². The van der Waals surface area contributed by atoms with Gasteiger partial charge >= 0.3 is 18.6 Å². The molecule has 0 radical (unpaired) electrons. The topological polar surface area (TPSA) is 61.0 Å². The third kappa shape index (κ3) is 16.5. The Morgan fingerprint density at radius 3 is 1.14 bits per heavy atom. The Hall–Kier alpha value is 0.194. The number of hydrogen-bond donors (Lipinski definition) is 2. The second-order valence-corrected chi connectivity index (χ2v) is 13.8. The number of rotatable bonds is 22. The minimum atomic E-state index is -1.44. The van der Waals surface area contributed by atoms with Crippen LogP contribution in [-0.4, -0.2) is 73.2 Å². The first-order chi connectivity index (χ1) is 14.1. The highest BCUT2D eigenvalue weighted by Crippen LogP contribution is 2.15. The van der Waals surface area contributed by atoms with Crippen LogP contribution in [0.5, 0.6) is 0 Å². The zero-order valence-corrected chi connectivity index (χ0v) is 22.4. The van der Waals surface area contributed by atoms with Crippen LogP contribution in [0.3, 0.4) is 0 Å². The van der Waals surface area contributed by atoms with Gasteiger partial charge in [0.05, 0.1) is 0 Å². The lowest BCUT2D eigenvalue weighted by Crippen LogP contribution is -2.27. The normalized spacial score (nSPS) is 14.1. The quantitative estimate of drug-likeness (QED) is 0.194. The Balaban J connectivity index is 3.28. The van der Waals surface area contributed by atoms with Crippen LogP contribution in [0.1, 0.15) is 71.6 Å². The van der Waals surface area contributed by atoms with Crippen LogP contribution < -0.4 is 10.6 Å². The van der Waals surface area contributed by atoms with Gasteiger partial charge in [-0.25, -0.2) is 0 Å². The minimum Gasteiger partial charge on any atom is -0.400 e. The number of nitrogens with one attached hydrogen (secondary N) is 2. The lowest BCUT2D eigenvalue weighted by Gasteiger charge is -2.18. The summed E-state index contributed by atoms with van der Waals surface area (Å²) in [6, 6.07) is 0. The van der Waals surface area contributed by atoms with Gasteiger partial charge in [0, 0.05) is 28.4 Å². The van der Waals surface area contributed by atoms with Crippen molar-refractivity contribution in [1.29, 1.82) is 0 Å². The Morgan fingerprint density at radius 2 is 0.828 bits per heavy atom. The van der Waals surface area contributed by atoms with Gasteiger partial charge in [0.1, 0.15) is 0 Å². The number of unbranched alkanes of at least 4 members (excludes halogenated alkanes) is 6. The van der Waals surface area contributed by atoms with Gasteiger partial charge in [0.15, 0.2) is 0 Å². The van der Waals surface area contributed by atoms with E-state index in [9.17, 15) is 0 Å². The molecule has 29 heavy (non-hydrogen) atoms. The molecule has 176 valence electrons. The smallest absolute Gasteiger partial charge is 0.323 e. The highest BCUT2D eigenvalue weighted by molar-refractivity contribution is 6.46. The average Bonchev–Trinajstić information content (AvgIpc) is 2.72. The highest BCUT2D eigenvalue weighted by atomic mass is 28.3. The molecule has 2 N–H and O–H groups in total. The zero-order chi connectivity index (χ0) is 21.7. The van der Waals surface area contributed by atoms with E-state index in [2.05, 4.69) is 24.5 Å². The van der Waals surface area contributed by atoms with Gasteiger partial charge in [-0.1, -0.05) is 46.0 Å². The molecule has 0 aromatic rings. The molecule has 0 aromatic heterocycles. The molecule has 0 spiro atoms. The maximum atomic E-state index is 5.43. The van der Waals surface area contributed by atoms with Crippen molar-refractivity contribution in [2.45, 2.75) is 82.7 Å². The van der Waals surface area contributed by atoms with E-state index in [1.807, 2.05) is 0 Å². The Bertz CT molecular complexity index is 306. The fourth-order valence-electron chi connectivity index (χ4n) is 3.69. The van der Waals surface area contributed by atoms with Crippen LogP contribution in [0, 0.1) is 0 Å². The van der Waals surface area contributed by atoms with E-state index < -0.39 is 18.6 Å². The monoisotopic (exact) mass is 450 g/mol. The Labute approximate surface area is 184 Å². The summed E-state index contributed by atoms with van der Waals surface area (Å²) < 4.78 is 21.7. The molecule has 0 aliphatic rings. The van der Waals surface area contributed by atoms with E-state index in [-0.39, 0.29) is 0 Å². The van der Waals surface area contributed by atoms with Crippen molar-refractivity contribution in [3.63, 3.8) is 0 Å². The van der Waals surface area contributed by atoms with Crippen LogP contribution in [0.25, 0.3) is 0 Å². The van der Waals surface area contributed by atoms with Crippen molar-refractivity contribution in [2.24, 2.45) is 0 Å². The maximum Gasteiger partial charge on any atom is 0.323 e. The van der Waals surface area contributed by atoms with Crippen LogP contribution in [0.2, 0.25) is 11.1 Å². The molecular formula is C21H50N2O4Si2. The van der Waals surface area contributed by atoms with Gasteiger partial charge in [-0.15, -0.1) is 0 Å².